The van der Waals surface area contributed by atoms with Crippen LogP contribution in [-0.4, -0.2) is 50.2 Å². The number of fused-ring (bicyclic) bond motifs is 1. The molecule has 9 nitrogen and oxygen atoms in total. The summed E-state index contributed by atoms with van der Waals surface area (Å²) >= 11 is 0. The Morgan fingerprint density at radius 1 is 1.16 bits per heavy atom. The molecule has 1 unspecified atom stereocenters. The summed E-state index contributed by atoms with van der Waals surface area (Å²) in [5.74, 6) is 0.394. The quantitative estimate of drug-likeness (QED) is 0.376. The van der Waals surface area contributed by atoms with Gasteiger partial charge in [0, 0.05) is 13.1 Å². The molecule has 1 aliphatic carbocycles. The number of amides is 2. The molecule has 3 N–H and O–H groups in total. The highest BCUT2D eigenvalue weighted by atomic mass is 19.1. The first-order chi connectivity index (χ1) is 18.4. The van der Waals surface area contributed by atoms with Crippen LogP contribution in [0.5, 0.6) is 0 Å². The lowest BCUT2D eigenvalue weighted by Crippen LogP contribution is -2.37. The zero-order valence-electron chi connectivity index (χ0n) is 21.8. The Bertz CT molecular complexity index is 1270. The topological polar surface area (TPSA) is 124 Å². The van der Waals surface area contributed by atoms with Crippen LogP contribution in [0.1, 0.15) is 91.3 Å². The van der Waals surface area contributed by atoms with Crippen LogP contribution in [0.25, 0.3) is 11.0 Å². The normalized spacial score (nSPS) is 18.7. The fourth-order valence-electron chi connectivity index (χ4n) is 6.04. The number of piperidine rings is 1. The minimum absolute atomic E-state index is 0.182. The van der Waals surface area contributed by atoms with Gasteiger partial charge in [-0.15, -0.1) is 0 Å². The fourth-order valence-corrected chi connectivity index (χ4v) is 6.04. The van der Waals surface area contributed by atoms with E-state index in [1.807, 2.05) is 6.07 Å². The van der Waals surface area contributed by atoms with Crippen molar-refractivity contribution in [3.05, 3.63) is 46.9 Å². The summed E-state index contributed by atoms with van der Waals surface area (Å²) in [6.45, 7) is 2.74. The molecule has 1 aliphatic heterocycles. The summed E-state index contributed by atoms with van der Waals surface area (Å²) in [5, 5.41) is 16.2. The van der Waals surface area contributed by atoms with E-state index in [-0.39, 0.29) is 29.2 Å². The van der Waals surface area contributed by atoms with Gasteiger partial charge in [-0.3, -0.25) is 4.79 Å². The van der Waals surface area contributed by atoms with Crippen LogP contribution in [-0.2, 0) is 6.42 Å². The lowest BCUT2D eigenvalue weighted by Gasteiger charge is -2.30. The molecule has 3 heterocycles. The zero-order valence-corrected chi connectivity index (χ0v) is 21.8. The Balaban J connectivity index is 1.40. The van der Waals surface area contributed by atoms with E-state index in [1.54, 1.807) is 13.0 Å². The van der Waals surface area contributed by atoms with Crippen LogP contribution >= 0.6 is 0 Å². The molecule has 2 aliphatic rings. The van der Waals surface area contributed by atoms with Gasteiger partial charge in [-0.2, -0.15) is 0 Å². The van der Waals surface area contributed by atoms with Crippen LogP contribution in [0.2, 0.25) is 0 Å². The summed E-state index contributed by atoms with van der Waals surface area (Å²) in [4.78, 5) is 33.8. The number of nitrogens with one attached hydrogen (secondary N) is 2. The van der Waals surface area contributed by atoms with Gasteiger partial charge >= 0.3 is 6.09 Å². The van der Waals surface area contributed by atoms with Crippen molar-refractivity contribution < 1.29 is 23.6 Å². The predicted octanol–water partition coefficient (Wildman–Crippen LogP) is 5.76. The van der Waals surface area contributed by atoms with Crippen LogP contribution in [0.15, 0.2) is 22.9 Å². The van der Waals surface area contributed by atoms with Gasteiger partial charge in [0.25, 0.3) is 5.91 Å². The molecule has 2 fully saturated rings. The second kappa shape index (κ2) is 11.5. The zero-order chi connectivity index (χ0) is 26.6. The Kier molecular flexibility index (Phi) is 7.95. The largest absolute Gasteiger partial charge is 0.465 e. The van der Waals surface area contributed by atoms with Gasteiger partial charge in [-0.25, -0.2) is 14.2 Å². The molecule has 1 saturated heterocycles. The number of rotatable bonds is 6. The van der Waals surface area contributed by atoms with Crippen molar-refractivity contribution in [3.8, 4) is 0 Å². The number of imidazole rings is 1. The number of aromatic amines is 1. The summed E-state index contributed by atoms with van der Waals surface area (Å²) < 4.78 is 20.2. The first-order valence-electron chi connectivity index (χ1n) is 13.8. The van der Waals surface area contributed by atoms with Gasteiger partial charge in [0.15, 0.2) is 5.82 Å². The second-order valence-electron chi connectivity index (χ2n) is 10.9. The molecule has 0 bridgehead atoms. The number of carboxylic acid groups (broad SMARTS) is 1. The predicted molar refractivity (Wildman–Crippen MR) is 139 cm³/mol. The molecular weight excluding hydrogens is 489 g/mol. The van der Waals surface area contributed by atoms with E-state index in [0.29, 0.717) is 48.0 Å². The highest BCUT2D eigenvalue weighted by Crippen LogP contribution is 2.34. The van der Waals surface area contributed by atoms with Gasteiger partial charge in [-0.05, 0) is 68.6 Å². The van der Waals surface area contributed by atoms with E-state index < -0.39 is 6.09 Å². The van der Waals surface area contributed by atoms with Crippen molar-refractivity contribution in [2.75, 3.05) is 13.1 Å². The number of H-pyrrole nitrogens is 1. The van der Waals surface area contributed by atoms with Gasteiger partial charge in [0.2, 0.25) is 0 Å². The standard InChI is InChI=1S/C28H36FN5O4/c1-17-21(16-38-33-17)27(35)32-24(20-7-5-3-2-4-6-8-20)26-30-23-15-19(14-22(29)25(23)31-26)13-18-9-11-34(12-10-18)28(36)37/h14-16,18,20,24H,2-13H2,1H3,(H,30,31)(H,32,35)(H,36,37). The summed E-state index contributed by atoms with van der Waals surface area (Å²) in [6, 6.07) is 3.10. The van der Waals surface area contributed by atoms with Crippen molar-refractivity contribution >= 4 is 23.0 Å². The molecule has 3 aromatic rings. The number of nitrogens with zero attached hydrogens (tertiary/aromatic N) is 3. The molecule has 1 aromatic carbocycles. The van der Waals surface area contributed by atoms with Crippen LogP contribution in [0.3, 0.4) is 0 Å². The second-order valence-corrected chi connectivity index (χ2v) is 10.9. The number of halogens is 1. The lowest BCUT2D eigenvalue weighted by molar-refractivity contribution is 0.0911. The maximum atomic E-state index is 15.3. The Labute approximate surface area is 221 Å². The highest BCUT2D eigenvalue weighted by molar-refractivity contribution is 5.95. The minimum Gasteiger partial charge on any atom is -0.465 e. The number of benzene rings is 1. The summed E-state index contributed by atoms with van der Waals surface area (Å²) in [5.41, 5.74) is 2.67. The molecular formula is C28H36FN5O4. The number of carbonyl (C=O) groups excluding carboxylic acids is 1. The first-order valence-corrected chi connectivity index (χ1v) is 13.8. The third-order valence-electron chi connectivity index (χ3n) is 8.22. The molecule has 1 atom stereocenters. The van der Waals surface area contributed by atoms with Gasteiger partial charge < -0.3 is 24.8 Å². The van der Waals surface area contributed by atoms with E-state index in [4.69, 9.17) is 4.52 Å². The number of likely N-dealkylation sites (tertiary alicyclic amines) is 1. The van der Waals surface area contributed by atoms with Crippen molar-refractivity contribution in [1.29, 1.82) is 0 Å². The number of aryl methyl sites for hydroxylation is 1. The van der Waals surface area contributed by atoms with Crippen LogP contribution in [0.4, 0.5) is 9.18 Å². The van der Waals surface area contributed by atoms with E-state index in [0.717, 1.165) is 44.1 Å². The van der Waals surface area contributed by atoms with E-state index in [9.17, 15) is 14.7 Å². The minimum atomic E-state index is -0.883. The van der Waals surface area contributed by atoms with Gasteiger partial charge in [-0.1, -0.05) is 37.3 Å². The first kappa shape index (κ1) is 26.2. The molecule has 2 aromatic heterocycles. The third kappa shape index (κ3) is 5.84. The Hall–Kier alpha value is -3.43. The Morgan fingerprint density at radius 3 is 2.53 bits per heavy atom. The smallest absolute Gasteiger partial charge is 0.407 e. The molecule has 204 valence electrons. The maximum Gasteiger partial charge on any atom is 0.407 e. The van der Waals surface area contributed by atoms with Crippen LogP contribution in [0, 0.1) is 24.6 Å². The summed E-state index contributed by atoms with van der Waals surface area (Å²) in [7, 11) is 0. The fraction of sp³-hybridized carbons (Fsp3) is 0.571. The molecule has 0 radical (unpaired) electrons. The average molecular weight is 526 g/mol. The molecule has 2 amide bonds. The number of aromatic nitrogens is 3. The van der Waals surface area contributed by atoms with Crippen molar-refractivity contribution in [2.24, 2.45) is 11.8 Å². The van der Waals surface area contributed by atoms with Gasteiger partial charge in [0.05, 0.1) is 17.3 Å². The number of hydrogen-bond acceptors (Lipinski definition) is 5. The maximum absolute atomic E-state index is 15.3. The molecule has 38 heavy (non-hydrogen) atoms. The van der Waals surface area contributed by atoms with Crippen molar-refractivity contribution in [2.45, 2.75) is 77.2 Å². The lowest BCUT2D eigenvalue weighted by atomic mass is 9.85. The monoisotopic (exact) mass is 525 g/mol. The molecule has 0 spiro atoms. The Morgan fingerprint density at radius 2 is 1.87 bits per heavy atom. The molecule has 1 saturated carbocycles. The summed E-state index contributed by atoms with van der Waals surface area (Å²) in [6.07, 6.45) is 10.4. The average Bonchev–Trinajstić information content (AvgIpc) is 3.49. The van der Waals surface area contributed by atoms with Crippen molar-refractivity contribution in [1.82, 2.24) is 25.3 Å². The third-order valence-corrected chi connectivity index (χ3v) is 8.22. The van der Waals surface area contributed by atoms with E-state index in [1.165, 1.54) is 30.4 Å². The van der Waals surface area contributed by atoms with Crippen LogP contribution < -0.4 is 5.32 Å². The molecule has 5 rings (SSSR count). The SMILES string of the molecule is Cc1nocc1C(=O)NC(c1nc2c(F)cc(CC3CCN(C(=O)O)CC3)cc2[nH]1)C1CCCCCCC1. The van der Waals surface area contributed by atoms with Gasteiger partial charge in [0.1, 0.15) is 23.2 Å². The van der Waals surface area contributed by atoms with Crippen molar-refractivity contribution in [3.63, 3.8) is 0 Å². The highest BCUT2D eigenvalue weighted by Gasteiger charge is 2.30. The number of hydrogen-bond donors (Lipinski definition) is 3. The number of carbonyl (C=O) groups is 2. The van der Waals surface area contributed by atoms with E-state index >= 15 is 4.39 Å². The van der Waals surface area contributed by atoms with E-state index in [2.05, 4.69) is 20.4 Å². The molecule has 10 heteroatoms.